The molecule has 0 bridgehead atoms. The summed E-state index contributed by atoms with van der Waals surface area (Å²) in [5, 5.41) is 17.3. The predicted molar refractivity (Wildman–Crippen MR) is 63.6 cm³/mol. The lowest BCUT2D eigenvalue weighted by molar-refractivity contribution is 0.290. The van der Waals surface area contributed by atoms with Gasteiger partial charge in [0.1, 0.15) is 0 Å². The molecule has 1 N–H and O–H groups in total. The first-order valence-corrected chi connectivity index (χ1v) is 5.97. The van der Waals surface area contributed by atoms with Crippen LogP contribution in [0.15, 0.2) is 12.1 Å². The van der Waals surface area contributed by atoms with E-state index in [-0.39, 0.29) is 6.61 Å². The van der Waals surface area contributed by atoms with Crippen LogP contribution in [0.25, 0.3) is 0 Å². The first kappa shape index (κ1) is 11.3. The fourth-order valence-corrected chi connectivity index (χ4v) is 1.88. The number of aromatic nitrogens is 2. The van der Waals surface area contributed by atoms with E-state index in [0.717, 1.165) is 24.5 Å². The zero-order valence-electron chi connectivity index (χ0n) is 9.76. The Hall–Kier alpha value is -1.16. The molecule has 1 aliphatic carbocycles. The van der Waals surface area contributed by atoms with Gasteiger partial charge in [0.05, 0.1) is 5.69 Å². The van der Waals surface area contributed by atoms with Crippen molar-refractivity contribution in [2.75, 3.05) is 25.1 Å². The molecular formula is C12H19N3O. The van der Waals surface area contributed by atoms with E-state index in [1.807, 2.05) is 18.0 Å². The quantitative estimate of drug-likeness (QED) is 0.819. The van der Waals surface area contributed by atoms with E-state index in [1.165, 1.54) is 19.3 Å². The van der Waals surface area contributed by atoms with Crippen LogP contribution in [0, 0.1) is 0 Å². The second-order valence-corrected chi connectivity index (χ2v) is 4.44. The molecule has 0 atom stereocenters. The minimum absolute atomic E-state index is 0.220. The highest BCUT2D eigenvalue weighted by Crippen LogP contribution is 2.34. The van der Waals surface area contributed by atoms with Gasteiger partial charge in [-0.1, -0.05) is 6.42 Å². The fourth-order valence-electron chi connectivity index (χ4n) is 1.88. The Labute approximate surface area is 96.3 Å². The van der Waals surface area contributed by atoms with Gasteiger partial charge >= 0.3 is 0 Å². The van der Waals surface area contributed by atoms with Crippen LogP contribution < -0.4 is 4.90 Å². The summed E-state index contributed by atoms with van der Waals surface area (Å²) < 4.78 is 0. The Bertz CT molecular complexity index is 322. The van der Waals surface area contributed by atoms with Gasteiger partial charge < -0.3 is 10.0 Å². The molecule has 16 heavy (non-hydrogen) atoms. The Morgan fingerprint density at radius 1 is 1.38 bits per heavy atom. The molecule has 0 spiro atoms. The predicted octanol–water partition coefficient (Wildman–Crippen LogP) is 1.56. The van der Waals surface area contributed by atoms with Crippen molar-refractivity contribution < 1.29 is 5.11 Å². The van der Waals surface area contributed by atoms with Gasteiger partial charge in [-0.25, -0.2) is 0 Å². The average Bonchev–Trinajstić information content (AvgIpc) is 2.24. The van der Waals surface area contributed by atoms with E-state index >= 15 is 0 Å². The molecule has 0 unspecified atom stereocenters. The summed E-state index contributed by atoms with van der Waals surface area (Å²) in [6.07, 6.45) is 4.61. The monoisotopic (exact) mass is 221 g/mol. The topological polar surface area (TPSA) is 49.2 Å². The molecule has 4 heteroatoms. The molecular weight excluding hydrogens is 202 g/mol. The lowest BCUT2D eigenvalue weighted by atomic mass is 9.83. The summed E-state index contributed by atoms with van der Waals surface area (Å²) >= 11 is 0. The minimum atomic E-state index is 0.220. The van der Waals surface area contributed by atoms with Crippen LogP contribution in [0.3, 0.4) is 0 Å². The van der Waals surface area contributed by atoms with Crippen LogP contribution in [0.2, 0.25) is 0 Å². The SMILES string of the molecule is CN(CCCO)c1ccc(C2CCC2)nn1. The highest BCUT2D eigenvalue weighted by Gasteiger charge is 2.21. The van der Waals surface area contributed by atoms with Crippen molar-refractivity contribution in [3.8, 4) is 0 Å². The van der Waals surface area contributed by atoms with Crippen molar-refractivity contribution in [2.45, 2.75) is 31.6 Å². The van der Waals surface area contributed by atoms with E-state index < -0.39 is 0 Å². The van der Waals surface area contributed by atoms with Gasteiger partial charge in [0.25, 0.3) is 0 Å². The van der Waals surface area contributed by atoms with E-state index in [9.17, 15) is 0 Å². The third-order valence-electron chi connectivity index (χ3n) is 3.24. The highest BCUT2D eigenvalue weighted by atomic mass is 16.3. The zero-order chi connectivity index (χ0) is 11.4. The molecule has 1 aromatic heterocycles. The second-order valence-electron chi connectivity index (χ2n) is 4.44. The summed E-state index contributed by atoms with van der Waals surface area (Å²) in [6.45, 7) is 1.03. The van der Waals surface area contributed by atoms with E-state index in [1.54, 1.807) is 0 Å². The Balaban J connectivity index is 1.95. The van der Waals surface area contributed by atoms with Gasteiger partial charge in [-0.2, -0.15) is 5.10 Å². The Morgan fingerprint density at radius 2 is 2.19 bits per heavy atom. The molecule has 0 aromatic carbocycles. The van der Waals surface area contributed by atoms with Crippen molar-refractivity contribution in [2.24, 2.45) is 0 Å². The van der Waals surface area contributed by atoms with Crippen LogP contribution in [0.1, 0.15) is 37.3 Å². The summed E-state index contributed by atoms with van der Waals surface area (Å²) in [5.74, 6) is 1.53. The lowest BCUT2D eigenvalue weighted by Crippen LogP contribution is -2.21. The van der Waals surface area contributed by atoms with Gasteiger partial charge in [0.2, 0.25) is 0 Å². The number of aliphatic hydroxyl groups is 1. The third kappa shape index (κ3) is 2.50. The molecule has 2 rings (SSSR count). The molecule has 0 saturated heterocycles. The fraction of sp³-hybridized carbons (Fsp3) is 0.667. The van der Waals surface area contributed by atoms with Crippen LogP contribution in [0.5, 0.6) is 0 Å². The smallest absolute Gasteiger partial charge is 0.150 e. The van der Waals surface area contributed by atoms with Crippen LogP contribution in [-0.4, -0.2) is 35.5 Å². The molecule has 0 aliphatic heterocycles. The van der Waals surface area contributed by atoms with E-state index in [4.69, 9.17) is 5.11 Å². The van der Waals surface area contributed by atoms with Crippen molar-refractivity contribution in [1.82, 2.24) is 10.2 Å². The number of anilines is 1. The normalized spacial score (nSPS) is 15.9. The van der Waals surface area contributed by atoms with Gasteiger partial charge in [-0.3, -0.25) is 0 Å². The van der Waals surface area contributed by atoms with E-state index in [2.05, 4.69) is 16.3 Å². The Kier molecular flexibility index (Phi) is 3.72. The maximum absolute atomic E-state index is 8.76. The number of rotatable bonds is 5. The van der Waals surface area contributed by atoms with Crippen LogP contribution in [-0.2, 0) is 0 Å². The van der Waals surface area contributed by atoms with Gasteiger partial charge in [0.15, 0.2) is 5.82 Å². The molecule has 4 nitrogen and oxygen atoms in total. The summed E-state index contributed by atoms with van der Waals surface area (Å²) in [6, 6.07) is 4.11. The zero-order valence-corrected chi connectivity index (χ0v) is 9.76. The van der Waals surface area contributed by atoms with Crippen molar-refractivity contribution in [3.05, 3.63) is 17.8 Å². The van der Waals surface area contributed by atoms with Gasteiger partial charge in [-0.05, 0) is 31.4 Å². The molecule has 1 aliphatic rings. The maximum atomic E-state index is 8.76. The highest BCUT2D eigenvalue weighted by molar-refractivity contribution is 5.36. The second kappa shape index (κ2) is 5.25. The standard InChI is InChI=1S/C12H19N3O/c1-15(8-3-9-16)12-7-6-11(13-14-12)10-4-2-5-10/h6-7,10,16H,2-5,8-9H2,1H3. The van der Waals surface area contributed by atoms with Crippen molar-refractivity contribution in [1.29, 1.82) is 0 Å². The molecule has 1 saturated carbocycles. The maximum Gasteiger partial charge on any atom is 0.150 e. The minimum Gasteiger partial charge on any atom is -0.396 e. The molecule has 1 heterocycles. The summed E-state index contributed by atoms with van der Waals surface area (Å²) in [5.41, 5.74) is 1.13. The Morgan fingerprint density at radius 3 is 2.69 bits per heavy atom. The molecule has 0 radical (unpaired) electrons. The van der Waals surface area contributed by atoms with Gasteiger partial charge in [-0.15, -0.1) is 5.10 Å². The van der Waals surface area contributed by atoms with Crippen molar-refractivity contribution in [3.63, 3.8) is 0 Å². The molecule has 1 aromatic rings. The largest absolute Gasteiger partial charge is 0.396 e. The van der Waals surface area contributed by atoms with Crippen molar-refractivity contribution >= 4 is 5.82 Å². The summed E-state index contributed by atoms with van der Waals surface area (Å²) in [7, 11) is 1.97. The number of aliphatic hydroxyl groups excluding tert-OH is 1. The van der Waals surface area contributed by atoms with Crippen LogP contribution in [0.4, 0.5) is 5.82 Å². The third-order valence-corrected chi connectivity index (χ3v) is 3.24. The first-order chi connectivity index (χ1) is 7.81. The summed E-state index contributed by atoms with van der Waals surface area (Å²) in [4.78, 5) is 2.02. The molecule has 88 valence electrons. The molecule has 1 fully saturated rings. The number of nitrogens with zero attached hydrogens (tertiary/aromatic N) is 3. The van der Waals surface area contributed by atoms with Crippen LogP contribution >= 0.6 is 0 Å². The number of hydrogen-bond donors (Lipinski definition) is 1. The first-order valence-electron chi connectivity index (χ1n) is 5.97. The average molecular weight is 221 g/mol. The molecule has 0 amide bonds. The van der Waals surface area contributed by atoms with E-state index in [0.29, 0.717) is 5.92 Å². The van der Waals surface area contributed by atoms with Gasteiger partial charge in [0, 0.05) is 26.1 Å². The number of hydrogen-bond acceptors (Lipinski definition) is 4. The lowest BCUT2D eigenvalue weighted by Gasteiger charge is -2.24.